The first-order valence-electron chi connectivity index (χ1n) is 8.29. The van der Waals surface area contributed by atoms with Gasteiger partial charge >= 0.3 is 0 Å². The van der Waals surface area contributed by atoms with Gasteiger partial charge in [-0.2, -0.15) is 5.26 Å². The quantitative estimate of drug-likeness (QED) is 0.841. The lowest BCUT2D eigenvalue weighted by molar-refractivity contribution is -0.142. The van der Waals surface area contributed by atoms with Gasteiger partial charge in [0.1, 0.15) is 0 Å². The van der Waals surface area contributed by atoms with E-state index < -0.39 is 6.10 Å². The maximum Gasteiger partial charge on any atom is 0.263 e. The maximum atomic E-state index is 12.8. The Balaban J connectivity index is 1.72. The van der Waals surface area contributed by atoms with Gasteiger partial charge in [0.05, 0.1) is 18.7 Å². The molecule has 25 heavy (non-hydrogen) atoms. The Morgan fingerprint density at radius 1 is 1.20 bits per heavy atom. The van der Waals surface area contributed by atoms with E-state index in [1.165, 1.54) is 7.11 Å². The van der Waals surface area contributed by atoms with Crippen LogP contribution in [0.4, 0.5) is 0 Å². The maximum absolute atomic E-state index is 12.8. The van der Waals surface area contributed by atoms with E-state index in [-0.39, 0.29) is 5.91 Å². The van der Waals surface area contributed by atoms with Crippen LogP contribution in [0, 0.1) is 11.3 Å². The number of carbonyl (C=O) groups excluding carboxylic acids is 1. The summed E-state index contributed by atoms with van der Waals surface area (Å²) in [6.07, 6.45) is 1.04. The number of hydrogen-bond acceptors (Lipinski definition) is 4. The third kappa shape index (κ3) is 3.92. The van der Waals surface area contributed by atoms with Crippen LogP contribution in [0.2, 0.25) is 0 Å². The summed E-state index contributed by atoms with van der Waals surface area (Å²) in [5.74, 6) is 0.940. The lowest BCUT2D eigenvalue weighted by atomic mass is 10.1. The molecule has 1 heterocycles. The van der Waals surface area contributed by atoms with Crippen LogP contribution in [0.5, 0.6) is 11.5 Å². The fraction of sp³-hybridized carbons (Fsp3) is 0.300. The van der Waals surface area contributed by atoms with Crippen molar-refractivity contribution in [1.29, 1.82) is 5.26 Å². The molecule has 0 N–H and O–H groups in total. The number of rotatable bonds is 5. The molecule has 0 radical (unpaired) electrons. The third-order valence-electron chi connectivity index (χ3n) is 4.26. The zero-order valence-electron chi connectivity index (χ0n) is 14.1. The minimum atomic E-state index is -0.528. The van der Waals surface area contributed by atoms with Crippen molar-refractivity contribution >= 4 is 5.91 Å². The normalized spacial score (nSPS) is 17.0. The summed E-state index contributed by atoms with van der Waals surface area (Å²) in [6, 6.07) is 17.0. The van der Waals surface area contributed by atoms with Crippen LogP contribution in [0.1, 0.15) is 24.0 Å². The van der Waals surface area contributed by atoms with Gasteiger partial charge in [-0.3, -0.25) is 4.79 Å². The van der Waals surface area contributed by atoms with E-state index in [0.717, 1.165) is 18.5 Å². The first-order valence-corrected chi connectivity index (χ1v) is 8.29. The molecule has 5 heteroatoms. The van der Waals surface area contributed by atoms with Crippen LogP contribution < -0.4 is 9.47 Å². The lowest BCUT2D eigenvalue weighted by Gasteiger charge is -2.32. The van der Waals surface area contributed by atoms with E-state index in [9.17, 15) is 4.79 Å². The molecule has 0 bridgehead atoms. The zero-order chi connectivity index (χ0) is 17.6. The van der Waals surface area contributed by atoms with Crippen LogP contribution in [0.3, 0.4) is 0 Å². The molecule has 1 atom stereocenters. The molecule has 3 rings (SSSR count). The second kappa shape index (κ2) is 7.71. The highest BCUT2D eigenvalue weighted by atomic mass is 16.5. The van der Waals surface area contributed by atoms with Gasteiger partial charge in [-0.25, -0.2) is 0 Å². The molecular weight excluding hydrogens is 316 g/mol. The molecule has 2 aromatic carbocycles. The Labute approximate surface area is 147 Å². The highest BCUT2D eigenvalue weighted by Crippen LogP contribution is 2.30. The third-order valence-corrected chi connectivity index (χ3v) is 4.26. The largest absolute Gasteiger partial charge is 0.493 e. The van der Waals surface area contributed by atoms with Crippen LogP contribution in [-0.4, -0.2) is 30.6 Å². The second-order valence-electron chi connectivity index (χ2n) is 5.97. The summed E-state index contributed by atoms with van der Waals surface area (Å²) in [5.41, 5.74) is 1.59. The first kappa shape index (κ1) is 16.8. The fourth-order valence-corrected chi connectivity index (χ4v) is 2.96. The van der Waals surface area contributed by atoms with Gasteiger partial charge < -0.3 is 14.4 Å². The average molecular weight is 336 g/mol. The van der Waals surface area contributed by atoms with Crippen molar-refractivity contribution in [3.8, 4) is 17.6 Å². The topological polar surface area (TPSA) is 62.6 Å². The number of amides is 1. The Kier molecular flexibility index (Phi) is 5.20. The first-order chi connectivity index (χ1) is 12.2. The van der Waals surface area contributed by atoms with Gasteiger partial charge in [0.2, 0.25) is 0 Å². The molecule has 1 aliphatic rings. The number of benzene rings is 2. The van der Waals surface area contributed by atoms with Crippen LogP contribution in [0.25, 0.3) is 0 Å². The van der Waals surface area contributed by atoms with E-state index >= 15 is 0 Å². The Morgan fingerprint density at radius 2 is 2.00 bits per heavy atom. The van der Waals surface area contributed by atoms with Crippen LogP contribution in [0.15, 0.2) is 48.5 Å². The molecule has 128 valence electrons. The Hall–Kier alpha value is -3.00. The monoisotopic (exact) mass is 336 g/mol. The minimum absolute atomic E-state index is 0.0125. The van der Waals surface area contributed by atoms with Crippen LogP contribution >= 0.6 is 0 Å². The molecule has 1 saturated heterocycles. The molecule has 0 spiro atoms. The molecule has 0 aliphatic carbocycles. The predicted molar refractivity (Wildman–Crippen MR) is 93.2 cm³/mol. The second-order valence-corrected chi connectivity index (χ2v) is 5.97. The average Bonchev–Trinajstić information content (AvgIpc) is 2.66. The zero-order valence-corrected chi connectivity index (χ0v) is 14.1. The predicted octanol–water partition coefficient (Wildman–Crippen LogP) is 3.14. The molecule has 1 amide bonds. The SMILES string of the molecule is COc1cc(C#N)ccc1OC1CCCN(Cc2ccccc2)C1=O. The van der Waals surface area contributed by atoms with Crippen molar-refractivity contribution in [1.82, 2.24) is 4.90 Å². The summed E-state index contributed by atoms with van der Waals surface area (Å²) < 4.78 is 11.2. The molecule has 1 aliphatic heterocycles. The number of nitriles is 1. The summed E-state index contributed by atoms with van der Waals surface area (Å²) in [4.78, 5) is 14.6. The van der Waals surface area contributed by atoms with Gasteiger partial charge in [0.15, 0.2) is 17.6 Å². The molecule has 5 nitrogen and oxygen atoms in total. The summed E-state index contributed by atoms with van der Waals surface area (Å²) >= 11 is 0. The van der Waals surface area contributed by atoms with Crippen molar-refractivity contribution in [3.63, 3.8) is 0 Å². The molecule has 1 unspecified atom stereocenters. The number of ether oxygens (including phenoxy) is 2. The van der Waals surface area contributed by atoms with Crippen molar-refractivity contribution in [2.75, 3.05) is 13.7 Å². The van der Waals surface area contributed by atoms with E-state index in [4.69, 9.17) is 14.7 Å². The number of nitrogens with zero attached hydrogens (tertiary/aromatic N) is 2. The van der Waals surface area contributed by atoms with E-state index in [0.29, 0.717) is 30.0 Å². The number of piperidine rings is 1. The highest BCUT2D eigenvalue weighted by molar-refractivity contribution is 5.82. The standard InChI is InChI=1S/C20H20N2O3/c1-24-19-12-16(13-21)9-10-17(19)25-18-8-5-11-22(20(18)23)14-15-6-3-2-4-7-15/h2-4,6-7,9-10,12,18H,5,8,11,14H2,1H3. The highest BCUT2D eigenvalue weighted by Gasteiger charge is 2.31. The lowest BCUT2D eigenvalue weighted by Crippen LogP contribution is -2.46. The van der Waals surface area contributed by atoms with E-state index in [1.807, 2.05) is 35.2 Å². The summed E-state index contributed by atoms with van der Waals surface area (Å²) in [6.45, 7) is 1.32. The Bertz CT molecular complexity index is 783. The smallest absolute Gasteiger partial charge is 0.263 e. The van der Waals surface area contributed by atoms with Crippen molar-refractivity contribution < 1.29 is 14.3 Å². The Morgan fingerprint density at radius 3 is 2.72 bits per heavy atom. The number of hydrogen-bond donors (Lipinski definition) is 0. The number of carbonyl (C=O) groups is 1. The van der Waals surface area contributed by atoms with Gasteiger partial charge in [0.25, 0.3) is 5.91 Å². The number of methoxy groups -OCH3 is 1. The molecule has 0 aromatic heterocycles. The molecule has 1 fully saturated rings. The van der Waals surface area contributed by atoms with E-state index in [1.54, 1.807) is 18.2 Å². The van der Waals surface area contributed by atoms with E-state index in [2.05, 4.69) is 6.07 Å². The molecular formula is C20H20N2O3. The van der Waals surface area contributed by atoms with Crippen LogP contribution in [-0.2, 0) is 11.3 Å². The van der Waals surface area contributed by atoms with Crippen molar-refractivity contribution in [2.45, 2.75) is 25.5 Å². The minimum Gasteiger partial charge on any atom is -0.493 e. The summed E-state index contributed by atoms with van der Waals surface area (Å²) in [5, 5.41) is 8.98. The van der Waals surface area contributed by atoms with Gasteiger partial charge in [-0.15, -0.1) is 0 Å². The van der Waals surface area contributed by atoms with Crippen molar-refractivity contribution in [2.24, 2.45) is 0 Å². The molecule has 0 saturated carbocycles. The van der Waals surface area contributed by atoms with Gasteiger partial charge in [-0.1, -0.05) is 30.3 Å². The van der Waals surface area contributed by atoms with Crippen molar-refractivity contribution in [3.05, 3.63) is 59.7 Å². The fourth-order valence-electron chi connectivity index (χ4n) is 2.96. The number of likely N-dealkylation sites (tertiary alicyclic amines) is 1. The van der Waals surface area contributed by atoms with Gasteiger partial charge in [0, 0.05) is 19.2 Å². The molecule has 2 aromatic rings. The summed E-state index contributed by atoms with van der Waals surface area (Å²) in [7, 11) is 1.52. The van der Waals surface area contributed by atoms with Gasteiger partial charge in [-0.05, 0) is 30.5 Å².